The maximum atomic E-state index is 12.2. The molecule has 5 heteroatoms. The molecule has 0 bridgehead atoms. The van der Waals surface area contributed by atoms with Crippen molar-refractivity contribution in [3.05, 3.63) is 66.4 Å². The third-order valence-corrected chi connectivity index (χ3v) is 2.53. The minimum Gasteiger partial charge on any atom is -0.461 e. The van der Waals surface area contributed by atoms with Crippen molar-refractivity contribution in [3.8, 4) is 5.69 Å². The van der Waals surface area contributed by atoms with E-state index >= 15 is 0 Å². The predicted molar refractivity (Wildman–Crippen MR) is 63.5 cm³/mol. The Balaban J connectivity index is 2.05. The molecule has 0 aliphatic heterocycles. The number of benzene rings is 1. The highest BCUT2D eigenvalue weighted by Gasteiger charge is 2.18. The SMILES string of the molecule is O=C(c1ccco1)c1cnnn1-c1ccccc1. The number of rotatable bonds is 3. The zero-order valence-electron chi connectivity index (χ0n) is 9.35. The van der Waals surface area contributed by atoms with Crippen LogP contribution in [-0.2, 0) is 0 Å². The van der Waals surface area contributed by atoms with Crippen LogP contribution < -0.4 is 0 Å². The number of nitrogens with zero attached hydrogens (tertiary/aromatic N) is 3. The van der Waals surface area contributed by atoms with Crippen LogP contribution in [0, 0.1) is 0 Å². The summed E-state index contributed by atoms with van der Waals surface area (Å²) in [7, 11) is 0. The molecule has 88 valence electrons. The molecule has 0 spiro atoms. The summed E-state index contributed by atoms with van der Waals surface area (Å²) in [6.45, 7) is 0. The van der Waals surface area contributed by atoms with Gasteiger partial charge >= 0.3 is 0 Å². The van der Waals surface area contributed by atoms with Gasteiger partial charge in [0.2, 0.25) is 5.78 Å². The maximum absolute atomic E-state index is 12.2. The number of carbonyl (C=O) groups excluding carboxylic acids is 1. The zero-order valence-corrected chi connectivity index (χ0v) is 9.35. The molecule has 3 rings (SSSR count). The predicted octanol–water partition coefficient (Wildman–Crippen LogP) is 2.09. The van der Waals surface area contributed by atoms with Gasteiger partial charge in [-0.3, -0.25) is 4.79 Å². The lowest BCUT2D eigenvalue weighted by Crippen LogP contribution is -2.09. The first-order chi connectivity index (χ1) is 8.86. The average molecular weight is 239 g/mol. The van der Waals surface area contributed by atoms with Gasteiger partial charge in [0.25, 0.3) is 0 Å². The number of hydrogen-bond donors (Lipinski definition) is 0. The normalized spacial score (nSPS) is 10.4. The summed E-state index contributed by atoms with van der Waals surface area (Å²) in [6.07, 6.45) is 2.89. The third-order valence-electron chi connectivity index (χ3n) is 2.53. The smallest absolute Gasteiger partial charge is 0.248 e. The van der Waals surface area contributed by atoms with Crippen molar-refractivity contribution in [1.29, 1.82) is 0 Å². The van der Waals surface area contributed by atoms with E-state index in [1.165, 1.54) is 17.1 Å². The van der Waals surface area contributed by atoms with Gasteiger partial charge < -0.3 is 4.42 Å². The van der Waals surface area contributed by atoms with Gasteiger partial charge in [0.15, 0.2) is 5.76 Å². The summed E-state index contributed by atoms with van der Waals surface area (Å²) in [5.74, 6) is 0.0309. The van der Waals surface area contributed by atoms with Crippen LogP contribution in [-0.4, -0.2) is 20.8 Å². The van der Waals surface area contributed by atoms with Crippen LogP contribution in [0.2, 0.25) is 0 Å². The lowest BCUT2D eigenvalue weighted by atomic mass is 10.2. The Hall–Kier alpha value is -2.69. The fraction of sp³-hybridized carbons (Fsp3) is 0. The van der Waals surface area contributed by atoms with Gasteiger partial charge in [-0.05, 0) is 24.3 Å². The topological polar surface area (TPSA) is 60.9 Å². The summed E-state index contributed by atoms with van der Waals surface area (Å²) in [5.41, 5.74) is 1.15. The van der Waals surface area contributed by atoms with Crippen LogP contribution in [0.5, 0.6) is 0 Å². The number of carbonyl (C=O) groups is 1. The molecule has 0 N–H and O–H groups in total. The van der Waals surface area contributed by atoms with E-state index in [0.717, 1.165) is 5.69 Å². The quantitative estimate of drug-likeness (QED) is 0.656. The van der Waals surface area contributed by atoms with Crippen molar-refractivity contribution < 1.29 is 9.21 Å². The highest BCUT2D eigenvalue weighted by Crippen LogP contribution is 2.13. The maximum Gasteiger partial charge on any atom is 0.248 e. The van der Waals surface area contributed by atoms with Crippen LogP contribution >= 0.6 is 0 Å². The number of hydrogen-bond acceptors (Lipinski definition) is 4. The van der Waals surface area contributed by atoms with Crippen LogP contribution in [0.3, 0.4) is 0 Å². The van der Waals surface area contributed by atoms with Crippen molar-refractivity contribution in [2.24, 2.45) is 0 Å². The summed E-state index contributed by atoms with van der Waals surface area (Å²) in [6, 6.07) is 12.6. The lowest BCUT2D eigenvalue weighted by Gasteiger charge is -2.03. The standard InChI is InChI=1S/C13H9N3O2/c17-13(12-7-4-8-18-12)11-9-14-15-16(11)10-5-2-1-3-6-10/h1-9H. The summed E-state index contributed by atoms with van der Waals surface area (Å²) in [4.78, 5) is 12.2. The van der Waals surface area contributed by atoms with Crippen LogP contribution in [0.4, 0.5) is 0 Å². The molecule has 18 heavy (non-hydrogen) atoms. The van der Waals surface area contributed by atoms with Gasteiger partial charge in [-0.1, -0.05) is 23.4 Å². The number of aromatic nitrogens is 3. The molecule has 3 aromatic rings. The fourth-order valence-electron chi connectivity index (χ4n) is 1.68. The largest absolute Gasteiger partial charge is 0.461 e. The molecule has 0 atom stereocenters. The van der Waals surface area contributed by atoms with Crippen molar-refractivity contribution in [3.63, 3.8) is 0 Å². The summed E-state index contributed by atoms with van der Waals surface area (Å²) >= 11 is 0. The molecule has 0 amide bonds. The van der Waals surface area contributed by atoms with E-state index in [-0.39, 0.29) is 11.5 Å². The lowest BCUT2D eigenvalue weighted by molar-refractivity contribution is 0.100. The molecule has 1 aromatic carbocycles. The number of para-hydroxylation sites is 1. The Labute approximate surface area is 103 Å². The molecule has 0 saturated carbocycles. The van der Waals surface area contributed by atoms with Crippen molar-refractivity contribution in [2.75, 3.05) is 0 Å². The highest BCUT2D eigenvalue weighted by atomic mass is 16.3. The monoisotopic (exact) mass is 239 g/mol. The first-order valence-electron chi connectivity index (χ1n) is 5.40. The van der Waals surface area contributed by atoms with Crippen molar-refractivity contribution in [1.82, 2.24) is 15.0 Å². The molecule has 0 fully saturated rings. The minimum absolute atomic E-state index is 0.242. The first kappa shape index (κ1) is 10.5. The fourth-order valence-corrected chi connectivity index (χ4v) is 1.68. The second-order valence-corrected chi connectivity index (χ2v) is 3.67. The van der Waals surface area contributed by atoms with Gasteiger partial charge in [0, 0.05) is 0 Å². The average Bonchev–Trinajstić information content (AvgIpc) is 3.10. The molecule has 0 saturated heterocycles. The Morgan fingerprint density at radius 1 is 1.11 bits per heavy atom. The van der Waals surface area contributed by atoms with Gasteiger partial charge in [0.1, 0.15) is 5.69 Å². The third kappa shape index (κ3) is 1.71. The molecule has 0 aliphatic carbocycles. The molecule has 0 unspecified atom stereocenters. The summed E-state index contributed by atoms with van der Waals surface area (Å²) in [5, 5.41) is 7.70. The minimum atomic E-state index is -0.242. The van der Waals surface area contributed by atoms with E-state index in [9.17, 15) is 4.79 Å². The van der Waals surface area contributed by atoms with Gasteiger partial charge in [-0.15, -0.1) is 5.10 Å². The molecule has 0 aliphatic rings. The van der Waals surface area contributed by atoms with Crippen molar-refractivity contribution >= 4 is 5.78 Å². The zero-order chi connectivity index (χ0) is 12.4. The van der Waals surface area contributed by atoms with E-state index in [1.54, 1.807) is 12.1 Å². The van der Waals surface area contributed by atoms with Crippen LogP contribution in [0.25, 0.3) is 5.69 Å². The van der Waals surface area contributed by atoms with Crippen molar-refractivity contribution in [2.45, 2.75) is 0 Å². The molecular formula is C13H9N3O2. The second-order valence-electron chi connectivity index (χ2n) is 3.67. The van der Waals surface area contributed by atoms with Gasteiger partial charge in [-0.2, -0.15) is 0 Å². The van der Waals surface area contributed by atoms with Gasteiger partial charge in [0.05, 0.1) is 18.1 Å². The number of furan rings is 1. The van der Waals surface area contributed by atoms with Crippen LogP contribution in [0.15, 0.2) is 59.3 Å². The highest BCUT2D eigenvalue weighted by molar-refractivity contribution is 6.06. The Morgan fingerprint density at radius 3 is 2.67 bits per heavy atom. The molecule has 0 radical (unpaired) electrons. The van der Waals surface area contributed by atoms with E-state index in [4.69, 9.17) is 4.42 Å². The first-order valence-corrected chi connectivity index (χ1v) is 5.40. The Kier molecular flexibility index (Phi) is 2.49. The molecule has 2 aromatic heterocycles. The second kappa shape index (κ2) is 4.29. The van der Waals surface area contributed by atoms with E-state index in [0.29, 0.717) is 5.69 Å². The molecular weight excluding hydrogens is 230 g/mol. The van der Waals surface area contributed by atoms with E-state index in [2.05, 4.69) is 10.3 Å². The summed E-state index contributed by atoms with van der Waals surface area (Å²) < 4.78 is 6.58. The Bertz CT molecular complexity index is 657. The molecule has 5 nitrogen and oxygen atoms in total. The van der Waals surface area contributed by atoms with E-state index < -0.39 is 0 Å². The Morgan fingerprint density at radius 2 is 1.94 bits per heavy atom. The molecule has 2 heterocycles. The van der Waals surface area contributed by atoms with Gasteiger partial charge in [-0.25, -0.2) is 4.68 Å². The number of ketones is 1. The van der Waals surface area contributed by atoms with Crippen LogP contribution in [0.1, 0.15) is 16.2 Å². The van der Waals surface area contributed by atoms with E-state index in [1.807, 2.05) is 30.3 Å².